The Hall–Kier alpha value is -0.800. The molecule has 0 atom stereocenters. The monoisotopic (exact) mass is 239 g/mol. The predicted molar refractivity (Wildman–Crippen MR) is 69.9 cm³/mol. The van der Waals surface area contributed by atoms with Gasteiger partial charge in [0.05, 0.1) is 6.54 Å². The van der Waals surface area contributed by atoms with E-state index in [0.29, 0.717) is 12.0 Å². The lowest BCUT2D eigenvalue weighted by Crippen LogP contribution is -2.09. The van der Waals surface area contributed by atoms with E-state index in [9.17, 15) is 0 Å². The number of rotatable bonds is 6. The van der Waals surface area contributed by atoms with E-state index in [1.807, 2.05) is 7.05 Å². The third-order valence-corrected chi connectivity index (χ3v) is 2.65. The smallest absolute Gasteiger partial charge is 0.130 e. The van der Waals surface area contributed by atoms with Gasteiger partial charge in [-0.25, -0.2) is 0 Å². The molecule has 0 aliphatic heterocycles. The van der Waals surface area contributed by atoms with Crippen LogP contribution in [0.25, 0.3) is 0 Å². The fourth-order valence-corrected chi connectivity index (χ4v) is 1.55. The number of hydrogen-bond acceptors (Lipinski definition) is 3. The second kappa shape index (κ2) is 6.22. The van der Waals surface area contributed by atoms with Gasteiger partial charge in [0.15, 0.2) is 0 Å². The Morgan fingerprint density at radius 2 is 2.06 bits per heavy atom. The molecule has 98 valence electrons. The number of aryl methyl sites for hydroxylation is 1. The molecule has 3 heteroatoms. The van der Waals surface area contributed by atoms with Crippen molar-refractivity contribution in [3.63, 3.8) is 0 Å². The van der Waals surface area contributed by atoms with Gasteiger partial charge in [-0.3, -0.25) is 0 Å². The normalized spacial score (nSPS) is 12.1. The van der Waals surface area contributed by atoms with Crippen molar-refractivity contribution in [1.29, 1.82) is 0 Å². The molecule has 0 aliphatic rings. The Bertz CT molecular complexity index is 336. The first-order chi connectivity index (χ1) is 7.92. The van der Waals surface area contributed by atoms with Crippen molar-refractivity contribution in [2.45, 2.75) is 47.3 Å². The van der Waals surface area contributed by atoms with Gasteiger partial charge in [-0.15, -0.1) is 0 Å². The van der Waals surface area contributed by atoms with Crippen LogP contribution in [0, 0.1) is 12.3 Å². The average Bonchev–Trinajstić information content (AvgIpc) is 2.54. The van der Waals surface area contributed by atoms with Gasteiger partial charge in [-0.1, -0.05) is 20.8 Å². The minimum absolute atomic E-state index is 0.330. The van der Waals surface area contributed by atoms with E-state index in [0.717, 1.165) is 31.1 Å². The Kier molecular flexibility index (Phi) is 5.22. The summed E-state index contributed by atoms with van der Waals surface area (Å²) in [6, 6.07) is 2.06. The zero-order valence-corrected chi connectivity index (χ0v) is 11.7. The Morgan fingerprint density at radius 1 is 1.35 bits per heavy atom. The van der Waals surface area contributed by atoms with Gasteiger partial charge in [0.25, 0.3) is 0 Å². The third kappa shape index (κ3) is 5.37. The largest absolute Gasteiger partial charge is 0.462 e. The predicted octanol–water partition coefficient (Wildman–Crippen LogP) is 3.26. The number of ether oxygens (including phenoxy) is 1. The standard InChI is InChI=1S/C14H25NO2/c1-11-8-12(17-13(11)9-15-5)10-16-7-6-14(2,3)4/h8,15H,6-7,9-10H2,1-5H3. The van der Waals surface area contributed by atoms with Crippen molar-refractivity contribution in [3.05, 3.63) is 23.2 Å². The van der Waals surface area contributed by atoms with Crippen LogP contribution in [-0.4, -0.2) is 13.7 Å². The molecule has 1 aromatic heterocycles. The summed E-state index contributed by atoms with van der Waals surface area (Å²) < 4.78 is 11.3. The van der Waals surface area contributed by atoms with Crippen molar-refractivity contribution in [2.75, 3.05) is 13.7 Å². The molecule has 0 radical (unpaired) electrons. The van der Waals surface area contributed by atoms with Crippen LogP contribution >= 0.6 is 0 Å². The summed E-state index contributed by atoms with van der Waals surface area (Å²) in [6.07, 6.45) is 1.07. The molecule has 0 unspecified atom stereocenters. The molecule has 0 saturated heterocycles. The fourth-order valence-electron chi connectivity index (χ4n) is 1.55. The van der Waals surface area contributed by atoms with Crippen molar-refractivity contribution >= 4 is 0 Å². The summed E-state index contributed by atoms with van der Waals surface area (Å²) in [7, 11) is 1.92. The Balaban J connectivity index is 2.34. The summed E-state index contributed by atoms with van der Waals surface area (Å²) in [5.41, 5.74) is 1.52. The van der Waals surface area contributed by atoms with Crippen molar-refractivity contribution in [3.8, 4) is 0 Å². The molecule has 0 spiro atoms. The molecular weight excluding hydrogens is 214 g/mol. The molecule has 17 heavy (non-hydrogen) atoms. The Labute approximate surface area is 105 Å². The molecule has 1 rings (SSSR count). The van der Waals surface area contributed by atoms with Gasteiger partial charge >= 0.3 is 0 Å². The molecule has 0 bridgehead atoms. The Morgan fingerprint density at radius 3 is 2.65 bits per heavy atom. The molecule has 0 fully saturated rings. The summed E-state index contributed by atoms with van der Waals surface area (Å²) >= 11 is 0. The highest BCUT2D eigenvalue weighted by molar-refractivity contribution is 5.19. The molecule has 1 aromatic rings. The SMILES string of the molecule is CNCc1oc(COCCC(C)(C)C)cc1C. The van der Waals surface area contributed by atoms with E-state index in [-0.39, 0.29) is 0 Å². The van der Waals surface area contributed by atoms with E-state index in [2.05, 4.69) is 39.1 Å². The molecule has 0 amide bonds. The zero-order valence-electron chi connectivity index (χ0n) is 11.7. The minimum Gasteiger partial charge on any atom is -0.462 e. The van der Waals surface area contributed by atoms with Crippen LogP contribution in [-0.2, 0) is 17.9 Å². The molecule has 0 aromatic carbocycles. The molecular formula is C14H25NO2. The van der Waals surface area contributed by atoms with E-state index in [4.69, 9.17) is 9.15 Å². The minimum atomic E-state index is 0.330. The second-order valence-corrected chi connectivity index (χ2v) is 5.71. The van der Waals surface area contributed by atoms with Crippen LogP contribution in [0.4, 0.5) is 0 Å². The van der Waals surface area contributed by atoms with E-state index in [1.165, 1.54) is 5.56 Å². The van der Waals surface area contributed by atoms with Crippen LogP contribution in [0.15, 0.2) is 10.5 Å². The number of furan rings is 1. The first-order valence-corrected chi connectivity index (χ1v) is 6.23. The molecule has 1 heterocycles. The zero-order chi connectivity index (χ0) is 12.9. The van der Waals surface area contributed by atoms with Crippen molar-refractivity contribution < 1.29 is 9.15 Å². The van der Waals surface area contributed by atoms with E-state index < -0.39 is 0 Å². The first kappa shape index (κ1) is 14.3. The first-order valence-electron chi connectivity index (χ1n) is 6.23. The third-order valence-electron chi connectivity index (χ3n) is 2.65. The van der Waals surface area contributed by atoms with Crippen molar-refractivity contribution in [1.82, 2.24) is 5.32 Å². The maximum Gasteiger partial charge on any atom is 0.130 e. The van der Waals surface area contributed by atoms with Gasteiger partial charge in [-0.2, -0.15) is 0 Å². The maximum atomic E-state index is 5.70. The maximum absolute atomic E-state index is 5.70. The summed E-state index contributed by atoms with van der Waals surface area (Å²) in [5, 5.41) is 3.09. The van der Waals surface area contributed by atoms with Crippen molar-refractivity contribution in [2.24, 2.45) is 5.41 Å². The summed E-state index contributed by atoms with van der Waals surface area (Å²) in [5.74, 6) is 1.92. The summed E-state index contributed by atoms with van der Waals surface area (Å²) in [6.45, 7) is 10.9. The van der Waals surface area contributed by atoms with Gasteiger partial charge < -0.3 is 14.5 Å². The summed E-state index contributed by atoms with van der Waals surface area (Å²) in [4.78, 5) is 0. The lowest BCUT2D eigenvalue weighted by molar-refractivity contribution is 0.0836. The second-order valence-electron chi connectivity index (χ2n) is 5.71. The highest BCUT2D eigenvalue weighted by atomic mass is 16.5. The lowest BCUT2D eigenvalue weighted by atomic mass is 9.93. The van der Waals surface area contributed by atoms with E-state index >= 15 is 0 Å². The number of nitrogens with one attached hydrogen (secondary N) is 1. The molecule has 3 nitrogen and oxygen atoms in total. The van der Waals surface area contributed by atoms with Crippen LogP contribution in [0.3, 0.4) is 0 Å². The molecule has 0 saturated carbocycles. The highest BCUT2D eigenvalue weighted by Gasteiger charge is 2.10. The molecule has 1 N–H and O–H groups in total. The van der Waals surface area contributed by atoms with Gasteiger partial charge in [0, 0.05) is 6.61 Å². The van der Waals surface area contributed by atoms with Crippen LogP contribution in [0.5, 0.6) is 0 Å². The van der Waals surface area contributed by atoms with E-state index in [1.54, 1.807) is 0 Å². The number of hydrogen-bond donors (Lipinski definition) is 1. The highest BCUT2D eigenvalue weighted by Crippen LogP contribution is 2.19. The van der Waals surface area contributed by atoms with Gasteiger partial charge in [0.2, 0.25) is 0 Å². The average molecular weight is 239 g/mol. The van der Waals surface area contributed by atoms with Crippen LogP contribution < -0.4 is 5.32 Å². The van der Waals surface area contributed by atoms with Gasteiger partial charge in [-0.05, 0) is 37.4 Å². The quantitative estimate of drug-likeness (QED) is 0.774. The fraction of sp³-hybridized carbons (Fsp3) is 0.714. The topological polar surface area (TPSA) is 34.4 Å². The van der Waals surface area contributed by atoms with Crippen LogP contribution in [0.1, 0.15) is 44.3 Å². The lowest BCUT2D eigenvalue weighted by Gasteiger charge is -2.17. The molecule has 0 aliphatic carbocycles. The van der Waals surface area contributed by atoms with Gasteiger partial charge in [0.1, 0.15) is 18.1 Å². The van der Waals surface area contributed by atoms with Crippen LogP contribution in [0.2, 0.25) is 0 Å².